The van der Waals surface area contributed by atoms with Crippen LogP contribution in [-0.2, 0) is 10.2 Å². The second-order valence-electron chi connectivity index (χ2n) is 6.55. The first-order valence-electron chi connectivity index (χ1n) is 7.42. The first-order chi connectivity index (χ1) is 9.82. The summed E-state index contributed by atoms with van der Waals surface area (Å²) >= 11 is 0. The molecule has 1 amide bonds. The summed E-state index contributed by atoms with van der Waals surface area (Å²) in [5.74, 6) is 0.780. The lowest BCUT2D eigenvalue weighted by Gasteiger charge is -2.33. The van der Waals surface area contributed by atoms with Crippen molar-refractivity contribution in [2.45, 2.75) is 39.2 Å². The number of amides is 1. The molecule has 116 valence electrons. The normalized spacial score (nSPS) is 19.5. The van der Waals surface area contributed by atoms with E-state index in [0.29, 0.717) is 25.3 Å². The first-order valence-corrected chi connectivity index (χ1v) is 7.42. The summed E-state index contributed by atoms with van der Waals surface area (Å²) in [5.41, 5.74) is 1.50. The monoisotopic (exact) mass is 291 g/mol. The summed E-state index contributed by atoms with van der Waals surface area (Å²) in [6.45, 7) is 10.2. The van der Waals surface area contributed by atoms with E-state index in [1.54, 1.807) is 0 Å². The summed E-state index contributed by atoms with van der Waals surface area (Å²) in [6.07, 6.45) is 0. The molecule has 1 fully saturated rings. The quantitative estimate of drug-likeness (QED) is 0.908. The number of aromatic nitrogens is 1. The Hall–Kier alpha value is -1.62. The standard InChI is InChI=1S/C16H25N3O2/c1-11-10-21-7-6-19(11)15(20)12-8-13(16(2,3)4)18-14(9-12)17-5/h8-9,11H,6-7,10H2,1-5H3,(H,17,18). The summed E-state index contributed by atoms with van der Waals surface area (Å²) in [6, 6.07) is 3.83. The van der Waals surface area contributed by atoms with Crippen molar-refractivity contribution in [3.63, 3.8) is 0 Å². The Bertz CT molecular complexity index is 523. The number of carbonyl (C=O) groups excluding carboxylic acids is 1. The van der Waals surface area contributed by atoms with Crippen molar-refractivity contribution in [2.24, 2.45) is 0 Å². The minimum Gasteiger partial charge on any atom is -0.377 e. The van der Waals surface area contributed by atoms with Gasteiger partial charge in [0.2, 0.25) is 0 Å². The van der Waals surface area contributed by atoms with Gasteiger partial charge in [-0.1, -0.05) is 20.8 Å². The number of carbonyl (C=O) groups is 1. The van der Waals surface area contributed by atoms with Crippen LogP contribution in [0.4, 0.5) is 5.82 Å². The molecule has 1 atom stereocenters. The van der Waals surface area contributed by atoms with Gasteiger partial charge in [-0.05, 0) is 19.1 Å². The molecule has 0 aliphatic carbocycles. The molecule has 1 unspecified atom stereocenters. The maximum atomic E-state index is 12.8. The third kappa shape index (κ3) is 3.53. The molecule has 1 aliphatic heterocycles. The van der Waals surface area contributed by atoms with Gasteiger partial charge in [0, 0.05) is 30.3 Å². The lowest BCUT2D eigenvalue weighted by Crippen LogP contribution is -2.47. The molecule has 1 N–H and O–H groups in total. The van der Waals surface area contributed by atoms with Crippen LogP contribution in [0, 0.1) is 0 Å². The summed E-state index contributed by atoms with van der Waals surface area (Å²) in [4.78, 5) is 19.2. The fourth-order valence-corrected chi connectivity index (χ4v) is 2.36. The van der Waals surface area contributed by atoms with Crippen LogP contribution in [0.1, 0.15) is 43.7 Å². The van der Waals surface area contributed by atoms with Crippen LogP contribution in [0.5, 0.6) is 0 Å². The SMILES string of the molecule is CNc1cc(C(=O)N2CCOCC2C)cc(C(C)(C)C)n1. The van der Waals surface area contributed by atoms with Crippen molar-refractivity contribution in [1.29, 1.82) is 0 Å². The molecule has 1 saturated heterocycles. The molecule has 1 aliphatic rings. The Balaban J connectivity index is 2.36. The number of pyridine rings is 1. The third-order valence-electron chi connectivity index (χ3n) is 3.73. The minimum atomic E-state index is -0.0987. The van der Waals surface area contributed by atoms with Crippen LogP contribution in [0.2, 0.25) is 0 Å². The van der Waals surface area contributed by atoms with Crippen LogP contribution < -0.4 is 5.32 Å². The van der Waals surface area contributed by atoms with E-state index in [0.717, 1.165) is 11.5 Å². The summed E-state index contributed by atoms with van der Waals surface area (Å²) in [7, 11) is 1.82. The van der Waals surface area contributed by atoms with Crippen LogP contribution in [0.25, 0.3) is 0 Å². The Morgan fingerprint density at radius 1 is 1.43 bits per heavy atom. The zero-order valence-corrected chi connectivity index (χ0v) is 13.6. The molecule has 0 aromatic carbocycles. The zero-order valence-electron chi connectivity index (χ0n) is 13.6. The van der Waals surface area contributed by atoms with Gasteiger partial charge in [-0.25, -0.2) is 4.98 Å². The minimum absolute atomic E-state index is 0.0511. The summed E-state index contributed by atoms with van der Waals surface area (Å²) in [5, 5.41) is 3.04. The molecular weight excluding hydrogens is 266 g/mol. The number of nitrogens with one attached hydrogen (secondary N) is 1. The molecule has 2 heterocycles. The second kappa shape index (κ2) is 6.02. The van der Waals surface area contributed by atoms with Gasteiger partial charge in [-0.15, -0.1) is 0 Å². The average Bonchev–Trinajstić information content (AvgIpc) is 2.45. The molecule has 2 rings (SSSR count). The highest BCUT2D eigenvalue weighted by Gasteiger charge is 2.26. The molecule has 0 spiro atoms. The number of morpholine rings is 1. The maximum Gasteiger partial charge on any atom is 0.254 e. The Kier molecular flexibility index (Phi) is 4.52. The van der Waals surface area contributed by atoms with Gasteiger partial charge in [0.1, 0.15) is 5.82 Å². The van der Waals surface area contributed by atoms with Crippen molar-refractivity contribution in [2.75, 3.05) is 32.1 Å². The predicted octanol–water partition coefficient (Wildman–Crippen LogP) is 2.28. The second-order valence-corrected chi connectivity index (χ2v) is 6.55. The molecular formula is C16H25N3O2. The molecule has 0 radical (unpaired) electrons. The fraction of sp³-hybridized carbons (Fsp3) is 0.625. The van der Waals surface area contributed by atoms with E-state index in [1.807, 2.05) is 31.0 Å². The Labute approximate surface area is 126 Å². The molecule has 0 saturated carbocycles. The van der Waals surface area contributed by atoms with Crippen molar-refractivity contribution in [3.05, 3.63) is 23.4 Å². The predicted molar refractivity (Wildman–Crippen MR) is 83.8 cm³/mol. The molecule has 21 heavy (non-hydrogen) atoms. The number of hydrogen-bond donors (Lipinski definition) is 1. The Morgan fingerprint density at radius 2 is 2.14 bits per heavy atom. The zero-order chi connectivity index (χ0) is 15.6. The highest BCUT2D eigenvalue weighted by Crippen LogP contribution is 2.24. The van der Waals surface area contributed by atoms with E-state index in [2.05, 4.69) is 31.1 Å². The van der Waals surface area contributed by atoms with Crippen molar-refractivity contribution in [3.8, 4) is 0 Å². The third-order valence-corrected chi connectivity index (χ3v) is 3.73. The van der Waals surface area contributed by atoms with Gasteiger partial charge < -0.3 is 15.0 Å². The Morgan fingerprint density at radius 3 is 2.71 bits per heavy atom. The highest BCUT2D eigenvalue weighted by molar-refractivity contribution is 5.95. The van der Waals surface area contributed by atoms with Crippen molar-refractivity contribution >= 4 is 11.7 Å². The molecule has 5 heteroatoms. The molecule has 1 aromatic heterocycles. The van der Waals surface area contributed by atoms with Gasteiger partial charge in [-0.2, -0.15) is 0 Å². The topological polar surface area (TPSA) is 54.5 Å². The van der Waals surface area contributed by atoms with Gasteiger partial charge >= 0.3 is 0 Å². The smallest absolute Gasteiger partial charge is 0.254 e. The summed E-state index contributed by atoms with van der Waals surface area (Å²) < 4.78 is 5.40. The first kappa shape index (κ1) is 15.8. The van der Waals surface area contributed by atoms with E-state index in [1.165, 1.54) is 0 Å². The van der Waals surface area contributed by atoms with Crippen LogP contribution in [0.3, 0.4) is 0 Å². The molecule has 1 aromatic rings. The van der Waals surface area contributed by atoms with E-state index >= 15 is 0 Å². The number of ether oxygens (including phenoxy) is 1. The van der Waals surface area contributed by atoms with Gasteiger partial charge in [0.15, 0.2) is 0 Å². The van der Waals surface area contributed by atoms with E-state index < -0.39 is 0 Å². The fourth-order valence-electron chi connectivity index (χ4n) is 2.36. The van der Waals surface area contributed by atoms with Gasteiger partial charge in [-0.3, -0.25) is 4.79 Å². The van der Waals surface area contributed by atoms with Crippen molar-refractivity contribution in [1.82, 2.24) is 9.88 Å². The highest BCUT2D eigenvalue weighted by atomic mass is 16.5. The van der Waals surface area contributed by atoms with E-state index in [9.17, 15) is 4.79 Å². The number of rotatable bonds is 2. The van der Waals surface area contributed by atoms with Gasteiger partial charge in [0.05, 0.1) is 19.3 Å². The molecule has 5 nitrogen and oxygen atoms in total. The molecule has 0 bridgehead atoms. The average molecular weight is 291 g/mol. The van der Waals surface area contributed by atoms with E-state index in [4.69, 9.17) is 4.74 Å². The number of anilines is 1. The number of hydrogen-bond acceptors (Lipinski definition) is 4. The number of nitrogens with zero attached hydrogens (tertiary/aromatic N) is 2. The maximum absolute atomic E-state index is 12.8. The van der Waals surface area contributed by atoms with Crippen LogP contribution in [0.15, 0.2) is 12.1 Å². The largest absolute Gasteiger partial charge is 0.377 e. The lowest BCUT2D eigenvalue weighted by molar-refractivity contribution is 0.00358. The van der Waals surface area contributed by atoms with E-state index in [-0.39, 0.29) is 17.4 Å². The lowest BCUT2D eigenvalue weighted by atomic mass is 9.90. The van der Waals surface area contributed by atoms with Crippen molar-refractivity contribution < 1.29 is 9.53 Å². The van der Waals surface area contributed by atoms with Crippen LogP contribution >= 0.6 is 0 Å². The van der Waals surface area contributed by atoms with Gasteiger partial charge in [0.25, 0.3) is 5.91 Å². The van der Waals surface area contributed by atoms with Crippen LogP contribution in [-0.4, -0.2) is 48.6 Å².